The lowest BCUT2D eigenvalue weighted by molar-refractivity contribution is -0.132. The van der Waals surface area contributed by atoms with Crippen molar-refractivity contribution in [3.8, 4) is 12.3 Å². The Morgan fingerprint density at radius 3 is 2.56 bits per heavy atom. The highest BCUT2D eigenvalue weighted by Crippen LogP contribution is 2.10. The van der Waals surface area contributed by atoms with Crippen LogP contribution in [0.25, 0.3) is 0 Å². The van der Waals surface area contributed by atoms with Crippen molar-refractivity contribution in [1.29, 1.82) is 0 Å². The Kier molecular flexibility index (Phi) is 5.95. The lowest BCUT2D eigenvalue weighted by Crippen LogP contribution is -2.45. The van der Waals surface area contributed by atoms with Crippen molar-refractivity contribution >= 4 is 5.91 Å². The molecule has 1 aliphatic rings. The summed E-state index contributed by atoms with van der Waals surface area (Å²) >= 11 is 0. The summed E-state index contributed by atoms with van der Waals surface area (Å²) in [6.45, 7) is 4.47. The van der Waals surface area contributed by atoms with E-state index in [9.17, 15) is 4.79 Å². The number of carbonyl (C=O) groups excluding carboxylic acids is 1. The highest BCUT2D eigenvalue weighted by Gasteiger charge is 2.20. The van der Waals surface area contributed by atoms with E-state index in [0.717, 1.165) is 32.5 Å². The van der Waals surface area contributed by atoms with Crippen molar-refractivity contribution in [3.05, 3.63) is 0 Å². The number of amides is 1. The quantitative estimate of drug-likeness (QED) is 0.576. The molecule has 1 unspecified atom stereocenters. The largest absolute Gasteiger partial charge is 0.341 e. The van der Waals surface area contributed by atoms with E-state index in [-0.39, 0.29) is 11.9 Å². The molecule has 0 aromatic heterocycles. The van der Waals surface area contributed by atoms with Gasteiger partial charge in [0.25, 0.3) is 0 Å². The van der Waals surface area contributed by atoms with Crippen LogP contribution in [0, 0.1) is 12.3 Å². The van der Waals surface area contributed by atoms with Crippen LogP contribution >= 0.6 is 0 Å². The van der Waals surface area contributed by atoms with Gasteiger partial charge in [0.15, 0.2) is 0 Å². The zero-order valence-electron chi connectivity index (χ0n) is 10.2. The molecule has 90 valence electrons. The molecular formula is C13H22N2O. The molecule has 16 heavy (non-hydrogen) atoms. The highest BCUT2D eigenvalue weighted by molar-refractivity contribution is 5.81. The fraction of sp³-hybridized carbons (Fsp3) is 0.769. The Morgan fingerprint density at radius 1 is 1.38 bits per heavy atom. The first-order chi connectivity index (χ1) is 7.75. The smallest absolute Gasteiger partial charge is 0.239 e. The van der Waals surface area contributed by atoms with Gasteiger partial charge in [0.2, 0.25) is 5.91 Å². The minimum Gasteiger partial charge on any atom is -0.341 e. The van der Waals surface area contributed by atoms with Crippen molar-refractivity contribution in [2.45, 2.75) is 45.1 Å². The molecule has 3 heteroatoms. The zero-order chi connectivity index (χ0) is 11.8. The minimum absolute atomic E-state index is 0.105. The molecule has 0 saturated carbocycles. The number of nitrogens with one attached hydrogen (secondary N) is 1. The van der Waals surface area contributed by atoms with Gasteiger partial charge in [-0.05, 0) is 19.8 Å². The fourth-order valence-electron chi connectivity index (χ4n) is 2.01. The van der Waals surface area contributed by atoms with Gasteiger partial charge in [0.1, 0.15) is 0 Å². The van der Waals surface area contributed by atoms with Crippen LogP contribution in [0.1, 0.15) is 39.0 Å². The summed E-state index contributed by atoms with van der Waals surface area (Å²) in [6, 6.07) is -0.105. The van der Waals surface area contributed by atoms with E-state index in [1.807, 2.05) is 11.8 Å². The van der Waals surface area contributed by atoms with Gasteiger partial charge in [-0.1, -0.05) is 12.8 Å². The molecule has 1 fully saturated rings. The second kappa shape index (κ2) is 7.29. The number of nitrogens with zero attached hydrogens (tertiary/aromatic N) is 1. The van der Waals surface area contributed by atoms with Gasteiger partial charge in [0.05, 0.1) is 6.04 Å². The normalized spacial score (nSPS) is 18.6. The molecule has 1 N–H and O–H groups in total. The standard InChI is InChI=1S/C13H22N2O/c1-3-4-9-14-12(2)13(16)15-10-7-5-6-8-11-15/h1,12,14H,4-11H2,2H3. The third-order valence-corrected chi connectivity index (χ3v) is 3.01. The molecule has 3 nitrogen and oxygen atoms in total. The van der Waals surface area contributed by atoms with Gasteiger partial charge in [-0.2, -0.15) is 0 Å². The van der Waals surface area contributed by atoms with E-state index in [1.165, 1.54) is 12.8 Å². The third kappa shape index (κ3) is 4.24. The van der Waals surface area contributed by atoms with Gasteiger partial charge >= 0.3 is 0 Å². The first-order valence-electron chi connectivity index (χ1n) is 6.21. The molecule has 1 saturated heterocycles. The summed E-state index contributed by atoms with van der Waals surface area (Å²) in [7, 11) is 0. The number of terminal acetylenes is 1. The van der Waals surface area contributed by atoms with Crippen molar-refractivity contribution in [2.24, 2.45) is 0 Å². The minimum atomic E-state index is -0.105. The molecule has 0 bridgehead atoms. The van der Waals surface area contributed by atoms with Crippen LogP contribution in [-0.2, 0) is 4.79 Å². The number of hydrogen-bond acceptors (Lipinski definition) is 2. The van der Waals surface area contributed by atoms with Crippen molar-refractivity contribution in [2.75, 3.05) is 19.6 Å². The Bertz CT molecular complexity index is 249. The number of likely N-dealkylation sites (tertiary alicyclic amines) is 1. The molecule has 0 aromatic rings. The van der Waals surface area contributed by atoms with Gasteiger partial charge < -0.3 is 10.2 Å². The Hall–Kier alpha value is -1.01. The second-order valence-electron chi connectivity index (χ2n) is 4.37. The molecule has 1 amide bonds. The molecule has 0 aliphatic carbocycles. The van der Waals surface area contributed by atoms with Crippen LogP contribution in [0.3, 0.4) is 0 Å². The molecule has 1 atom stereocenters. The van der Waals surface area contributed by atoms with Crippen molar-refractivity contribution in [1.82, 2.24) is 10.2 Å². The van der Waals surface area contributed by atoms with Gasteiger partial charge in [0, 0.05) is 26.1 Å². The first kappa shape index (κ1) is 13.1. The van der Waals surface area contributed by atoms with Crippen LogP contribution in [0.15, 0.2) is 0 Å². The fourth-order valence-corrected chi connectivity index (χ4v) is 2.01. The second-order valence-corrected chi connectivity index (χ2v) is 4.37. The lowest BCUT2D eigenvalue weighted by Gasteiger charge is -2.24. The van der Waals surface area contributed by atoms with E-state index in [0.29, 0.717) is 6.42 Å². The number of hydrogen-bond donors (Lipinski definition) is 1. The predicted molar refractivity (Wildman–Crippen MR) is 66.0 cm³/mol. The van der Waals surface area contributed by atoms with Crippen molar-refractivity contribution in [3.63, 3.8) is 0 Å². The maximum Gasteiger partial charge on any atom is 0.239 e. The van der Waals surface area contributed by atoms with Gasteiger partial charge in [-0.3, -0.25) is 4.79 Å². The SMILES string of the molecule is C#CCCNC(C)C(=O)N1CCCCCC1. The van der Waals surface area contributed by atoms with Crippen LogP contribution in [0.4, 0.5) is 0 Å². The molecule has 0 radical (unpaired) electrons. The van der Waals surface area contributed by atoms with Crippen LogP contribution in [0.2, 0.25) is 0 Å². The van der Waals surface area contributed by atoms with E-state index < -0.39 is 0 Å². The van der Waals surface area contributed by atoms with Crippen molar-refractivity contribution < 1.29 is 4.79 Å². The summed E-state index contributed by atoms with van der Waals surface area (Å²) in [6.07, 6.45) is 10.6. The average Bonchev–Trinajstić information content (AvgIpc) is 2.56. The topological polar surface area (TPSA) is 32.3 Å². The summed E-state index contributed by atoms with van der Waals surface area (Å²) in [4.78, 5) is 14.0. The summed E-state index contributed by atoms with van der Waals surface area (Å²) in [5.41, 5.74) is 0. The molecule has 0 spiro atoms. The molecule has 1 aliphatic heterocycles. The summed E-state index contributed by atoms with van der Waals surface area (Å²) in [5.74, 6) is 2.79. The molecule has 0 aromatic carbocycles. The molecule has 1 rings (SSSR count). The number of carbonyl (C=O) groups is 1. The third-order valence-electron chi connectivity index (χ3n) is 3.01. The van der Waals surface area contributed by atoms with Gasteiger partial charge in [-0.25, -0.2) is 0 Å². The molecule has 1 heterocycles. The first-order valence-corrected chi connectivity index (χ1v) is 6.21. The maximum atomic E-state index is 12.1. The Labute approximate surface area is 98.6 Å². The monoisotopic (exact) mass is 222 g/mol. The van der Waals surface area contributed by atoms with E-state index in [4.69, 9.17) is 6.42 Å². The Morgan fingerprint density at radius 2 is 2.00 bits per heavy atom. The van der Waals surface area contributed by atoms with E-state index in [1.54, 1.807) is 0 Å². The zero-order valence-corrected chi connectivity index (χ0v) is 10.2. The predicted octanol–water partition coefficient (Wildman–Crippen LogP) is 1.39. The van der Waals surface area contributed by atoms with E-state index in [2.05, 4.69) is 11.2 Å². The lowest BCUT2D eigenvalue weighted by atomic mass is 10.2. The maximum absolute atomic E-state index is 12.1. The summed E-state index contributed by atoms with van der Waals surface area (Å²) in [5, 5.41) is 3.17. The average molecular weight is 222 g/mol. The highest BCUT2D eigenvalue weighted by atomic mass is 16.2. The number of rotatable bonds is 4. The van der Waals surface area contributed by atoms with Gasteiger partial charge in [-0.15, -0.1) is 12.3 Å². The molecular weight excluding hydrogens is 200 g/mol. The van der Waals surface area contributed by atoms with Crippen LogP contribution in [-0.4, -0.2) is 36.5 Å². The Balaban J connectivity index is 2.33. The van der Waals surface area contributed by atoms with Crippen LogP contribution < -0.4 is 5.32 Å². The summed E-state index contributed by atoms with van der Waals surface area (Å²) < 4.78 is 0. The van der Waals surface area contributed by atoms with Crippen LogP contribution in [0.5, 0.6) is 0 Å². The van der Waals surface area contributed by atoms with E-state index >= 15 is 0 Å².